The Kier molecular flexibility index (Phi) is 4.33. The zero-order valence-electron chi connectivity index (χ0n) is 10.5. The number of nitrogens with zero attached hydrogens (tertiary/aromatic N) is 4. The first-order valence-corrected chi connectivity index (χ1v) is 5.92. The number of carbonyl (C=O) groups excluding carboxylic acids is 1. The van der Waals surface area contributed by atoms with Crippen LogP contribution in [-0.4, -0.2) is 32.8 Å². The SMILES string of the molecule is CCNC(=O)c1ccc(NCc2cccnn2)nn1. The van der Waals surface area contributed by atoms with Crippen molar-refractivity contribution in [2.75, 3.05) is 11.9 Å². The third-order valence-corrected chi connectivity index (χ3v) is 2.31. The molecule has 2 N–H and O–H groups in total. The average molecular weight is 258 g/mol. The summed E-state index contributed by atoms with van der Waals surface area (Å²) in [5.74, 6) is 0.356. The third kappa shape index (κ3) is 3.70. The van der Waals surface area contributed by atoms with Gasteiger partial charge in [0.15, 0.2) is 5.69 Å². The van der Waals surface area contributed by atoms with E-state index in [4.69, 9.17) is 0 Å². The van der Waals surface area contributed by atoms with E-state index < -0.39 is 0 Å². The number of anilines is 1. The summed E-state index contributed by atoms with van der Waals surface area (Å²) in [7, 11) is 0. The van der Waals surface area contributed by atoms with Gasteiger partial charge in [0.2, 0.25) is 0 Å². The van der Waals surface area contributed by atoms with E-state index in [-0.39, 0.29) is 5.91 Å². The number of hydrogen-bond acceptors (Lipinski definition) is 6. The Morgan fingerprint density at radius 1 is 1.21 bits per heavy atom. The summed E-state index contributed by atoms with van der Waals surface area (Å²) in [6.07, 6.45) is 1.62. The van der Waals surface area contributed by atoms with Crippen molar-refractivity contribution in [2.24, 2.45) is 0 Å². The summed E-state index contributed by atoms with van der Waals surface area (Å²) in [4.78, 5) is 11.5. The van der Waals surface area contributed by atoms with Crippen molar-refractivity contribution in [1.82, 2.24) is 25.7 Å². The van der Waals surface area contributed by atoms with Crippen LogP contribution >= 0.6 is 0 Å². The van der Waals surface area contributed by atoms with Crippen molar-refractivity contribution in [3.63, 3.8) is 0 Å². The molecule has 0 bridgehead atoms. The molecule has 1 amide bonds. The lowest BCUT2D eigenvalue weighted by Gasteiger charge is -2.04. The largest absolute Gasteiger partial charge is 0.363 e. The molecular formula is C12H14N6O. The van der Waals surface area contributed by atoms with E-state index in [2.05, 4.69) is 31.0 Å². The van der Waals surface area contributed by atoms with Crippen LogP contribution in [0.5, 0.6) is 0 Å². The van der Waals surface area contributed by atoms with E-state index in [0.29, 0.717) is 24.6 Å². The molecule has 98 valence electrons. The van der Waals surface area contributed by atoms with Gasteiger partial charge in [-0.05, 0) is 31.2 Å². The molecule has 0 unspecified atom stereocenters. The number of rotatable bonds is 5. The first-order chi connectivity index (χ1) is 9.29. The van der Waals surface area contributed by atoms with Crippen molar-refractivity contribution in [3.8, 4) is 0 Å². The zero-order valence-corrected chi connectivity index (χ0v) is 10.5. The van der Waals surface area contributed by atoms with Gasteiger partial charge in [0.05, 0.1) is 12.2 Å². The highest BCUT2D eigenvalue weighted by molar-refractivity contribution is 5.92. The lowest BCUT2D eigenvalue weighted by molar-refractivity contribution is 0.0950. The first kappa shape index (κ1) is 12.9. The van der Waals surface area contributed by atoms with Crippen LogP contribution in [-0.2, 0) is 6.54 Å². The molecule has 0 aromatic carbocycles. The summed E-state index contributed by atoms with van der Waals surface area (Å²) in [5.41, 5.74) is 1.10. The van der Waals surface area contributed by atoms with Crippen molar-refractivity contribution in [2.45, 2.75) is 13.5 Å². The van der Waals surface area contributed by atoms with E-state index >= 15 is 0 Å². The second kappa shape index (κ2) is 6.39. The number of nitrogens with one attached hydrogen (secondary N) is 2. The third-order valence-electron chi connectivity index (χ3n) is 2.31. The van der Waals surface area contributed by atoms with Crippen LogP contribution in [0.15, 0.2) is 30.5 Å². The van der Waals surface area contributed by atoms with Gasteiger partial charge >= 0.3 is 0 Å². The fourth-order valence-corrected chi connectivity index (χ4v) is 1.41. The van der Waals surface area contributed by atoms with Crippen molar-refractivity contribution >= 4 is 11.7 Å². The predicted molar refractivity (Wildman–Crippen MR) is 69.4 cm³/mol. The van der Waals surface area contributed by atoms with Crippen LogP contribution < -0.4 is 10.6 Å². The topological polar surface area (TPSA) is 92.7 Å². The molecule has 0 radical (unpaired) electrons. The molecule has 2 rings (SSSR count). The van der Waals surface area contributed by atoms with Crippen LogP contribution in [0.3, 0.4) is 0 Å². The molecule has 0 fully saturated rings. The molecule has 7 nitrogen and oxygen atoms in total. The Morgan fingerprint density at radius 2 is 2.11 bits per heavy atom. The summed E-state index contributed by atoms with van der Waals surface area (Å²) in [6.45, 7) is 2.92. The molecule has 0 aliphatic carbocycles. The van der Waals surface area contributed by atoms with Crippen LogP contribution in [0.25, 0.3) is 0 Å². The van der Waals surface area contributed by atoms with Crippen molar-refractivity contribution in [1.29, 1.82) is 0 Å². The number of hydrogen-bond donors (Lipinski definition) is 2. The van der Waals surface area contributed by atoms with Crippen LogP contribution in [0.1, 0.15) is 23.1 Å². The maximum absolute atomic E-state index is 11.5. The van der Waals surface area contributed by atoms with Gasteiger partial charge in [-0.2, -0.15) is 10.2 Å². The Labute approximate surface area is 110 Å². The normalized spacial score (nSPS) is 9.95. The standard InChI is InChI=1S/C12H14N6O/c1-2-13-12(19)10-5-6-11(18-17-10)14-8-9-4-3-7-15-16-9/h3-7H,2,8H2,1H3,(H,13,19)(H,14,18). The smallest absolute Gasteiger partial charge is 0.271 e. The van der Waals surface area contributed by atoms with Gasteiger partial charge in [0.25, 0.3) is 5.91 Å². The van der Waals surface area contributed by atoms with E-state index in [1.54, 1.807) is 18.3 Å². The predicted octanol–water partition coefficient (Wildman–Crippen LogP) is 0.628. The van der Waals surface area contributed by atoms with Gasteiger partial charge in [-0.15, -0.1) is 10.2 Å². The second-order valence-corrected chi connectivity index (χ2v) is 3.73. The van der Waals surface area contributed by atoms with Gasteiger partial charge < -0.3 is 10.6 Å². The minimum Gasteiger partial charge on any atom is -0.363 e. The molecular weight excluding hydrogens is 244 g/mol. The molecule has 2 heterocycles. The van der Waals surface area contributed by atoms with E-state index in [0.717, 1.165) is 5.69 Å². The van der Waals surface area contributed by atoms with Crippen molar-refractivity contribution < 1.29 is 4.79 Å². The quantitative estimate of drug-likeness (QED) is 0.817. The molecule has 0 aliphatic heterocycles. The average Bonchev–Trinajstić information content (AvgIpc) is 2.47. The number of carbonyl (C=O) groups is 1. The summed E-state index contributed by atoms with van der Waals surface area (Å²) in [5, 5.41) is 21.2. The Hall–Kier alpha value is -2.57. The highest BCUT2D eigenvalue weighted by Gasteiger charge is 2.06. The van der Waals surface area contributed by atoms with Gasteiger partial charge in [-0.3, -0.25) is 4.79 Å². The van der Waals surface area contributed by atoms with Crippen LogP contribution in [0.2, 0.25) is 0 Å². The summed E-state index contributed by atoms with van der Waals surface area (Å²) < 4.78 is 0. The maximum atomic E-state index is 11.5. The Bertz CT molecular complexity index is 528. The monoisotopic (exact) mass is 258 g/mol. The fraction of sp³-hybridized carbons (Fsp3) is 0.250. The van der Waals surface area contributed by atoms with Crippen LogP contribution in [0, 0.1) is 0 Å². The van der Waals surface area contributed by atoms with Gasteiger partial charge in [-0.1, -0.05) is 0 Å². The molecule has 19 heavy (non-hydrogen) atoms. The van der Waals surface area contributed by atoms with Crippen molar-refractivity contribution in [3.05, 3.63) is 41.9 Å². The fourth-order valence-electron chi connectivity index (χ4n) is 1.41. The first-order valence-electron chi connectivity index (χ1n) is 5.92. The maximum Gasteiger partial charge on any atom is 0.271 e. The van der Waals surface area contributed by atoms with E-state index in [1.807, 2.05) is 19.1 Å². The summed E-state index contributed by atoms with van der Waals surface area (Å²) in [6, 6.07) is 7.00. The van der Waals surface area contributed by atoms with Gasteiger partial charge in [-0.25, -0.2) is 0 Å². The number of aromatic nitrogens is 4. The van der Waals surface area contributed by atoms with Gasteiger partial charge in [0, 0.05) is 12.7 Å². The molecule has 0 saturated carbocycles. The van der Waals surface area contributed by atoms with E-state index in [1.165, 1.54) is 0 Å². The van der Waals surface area contributed by atoms with E-state index in [9.17, 15) is 4.79 Å². The van der Waals surface area contributed by atoms with Gasteiger partial charge in [0.1, 0.15) is 5.82 Å². The van der Waals surface area contributed by atoms with Crippen LogP contribution in [0.4, 0.5) is 5.82 Å². The molecule has 2 aromatic rings. The molecule has 7 heteroatoms. The lowest BCUT2D eigenvalue weighted by Crippen LogP contribution is -2.24. The molecule has 0 saturated heterocycles. The minimum absolute atomic E-state index is 0.226. The summed E-state index contributed by atoms with van der Waals surface area (Å²) >= 11 is 0. The highest BCUT2D eigenvalue weighted by atomic mass is 16.1. The zero-order chi connectivity index (χ0) is 13.5. The number of amides is 1. The minimum atomic E-state index is -0.226. The second-order valence-electron chi connectivity index (χ2n) is 3.73. The lowest BCUT2D eigenvalue weighted by atomic mass is 10.3. The molecule has 2 aromatic heterocycles. The molecule has 0 spiro atoms. The highest BCUT2D eigenvalue weighted by Crippen LogP contribution is 2.04. The molecule has 0 atom stereocenters. The Balaban J connectivity index is 1.94. The Morgan fingerprint density at radius 3 is 2.74 bits per heavy atom. The molecule has 0 aliphatic rings.